The zero-order chi connectivity index (χ0) is 15.6. The third-order valence-corrected chi connectivity index (χ3v) is 3.09. The molecule has 0 bridgehead atoms. The number of halogens is 6. The Labute approximate surface area is 141 Å². The number of hydrogen-bond donors (Lipinski definition) is 2. The first-order chi connectivity index (χ1) is 9.04. The summed E-state index contributed by atoms with van der Waals surface area (Å²) in [6.45, 7) is 0. The van der Waals surface area contributed by atoms with E-state index in [4.69, 9.17) is 28.4 Å². The van der Waals surface area contributed by atoms with Gasteiger partial charge in [-0.15, -0.1) is 13.2 Å². The molecule has 0 atom stereocenters. The number of benzene rings is 1. The standard InChI is InChI=1S/C9H6Cl2F4N2O2S.Mn/c10-8(11,12)20-17(9(13,14)15)6-3-1-2-5(4-6)7(18)16-19;/h1-4,19H,(H,16,18);. The number of hydrogen-bond acceptors (Lipinski definition) is 4. The van der Waals surface area contributed by atoms with Crippen molar-refractivity contribution in [3.8, 4) is 0 Å². The Morgan fingerprint density at radius 1 is 1.29 bits per heavy atom. The molecule has 0 aromatic heterocycles. The van der Waals surface area contributed by atoms with E-state index >= 15 is 0 Å². The van der Waals surface area contributed by atoms with E-state index in [9.17, 15) is 22.4 Å². The molecule has 0 heterocycles. The van der Waals surface area contributed by atoms with E-state index in [-0.39, 0.29) is 22.6 Å². The van der Waals surface area contributed by atoms with E-state index in [1.807, 2.05) is 0 Å². The van der Waals surface area contributed by atoms with Crippen LogP contribution in [0, 0.1) is 0 Å². The number of alkyl halides is 6. The van der Waals surface area contributed by atoms with Gasteiger partial charge in [0.25, 0.3) is 5.91 Å². The number of nitrogens with zero attached hydrogens (tertiary/aromatic N) is 1. The van der Waals surface area contributed by atoms with Crippen molar-refractivity contribution in [1.82, 2.24) is 5.48 Å². The minimum atomic E-state index is -5.00. The van der Waals surface area contributed by atoms with E-state index in [1.165, 1.54) is 5.48 Å². The Kier molecular flexibility index (Phi) is 7.61. The molecule has 1 radical (unpaired) electrons. The zero-order valence-electron chi connectivity index (χ0n) is 9.67. The maximum Gasteiger partial charge on any atom is 0.495 e. The molecule has 0 unspecified atom stereocenters. The Bertz CT molecular complexity index is 501. The van der Waals surface area contributed by atoms with Gasteiger partial charge in [-0.2, -0.15) is 4.39 Å². The maximum absolute atomic E-state index is 13.0. The fourth-order valence-electron chi connectivity index (χ4n) is 1.19. The van der Waals surface area contributed by atoms with E-state index < -0.39 is 38.1 Å². The van der Waals surface area contributed by atoms with Crippen molar-refractivity contribution < 1.29 is 44.6 Å². The van der Waals surface area contributed by atoms with Crippen LogP contribution in [0.25, 0.3) is 0 Å². The van der Waals surface area contributed by atoms with Crippen molar-refractivity contribution >= 4 is 46.7 Å². The molecule has 0 aliphatic rings. The van der Waals surface area contributed by atoms with Gasteiger partial charge in [0, 0.05) is 34.6 Å². The SMILES string of the molecule is O=C(NO)c1cccc(N(SC(F)(Cl)Cl)C(F)(F)F)c1.[Mn]. The molecule has 1 amide bonds. The number of hydroxylamine groups is 1. The van der Waals surface area contributed by atoms with Crippen molar-refractivity contribution in [1.29, 1.82) is 0 Å². The number of anilines is 1. The second-order valence-electron chi connectivity index (χ2n) is 3.29. The summed E-state index contributed by atoms with van der Waals surface area (Å²) < 4.78 is 47.8. The Morgan fingerprint density at radius 3 is 2.29 bits per heavy atom. The molecule has 1 aromatic carbocycles. The van der Waals surface area contributed by atoms with Crippen LogP contribution in [0.4, 0.5) is 23.2 Å². The molecule has 0 aliphatic heterocycles. The second kappa shape index (κ2) is 7.75. The van der Waals surface area contributed by atoms with E-state index in [2.05, 4.69) is 0 Å². The average Bonchev–Trinajstić information content (AvgIpc) is 2.33. The molecular weight excluding hydrogens is 402 g/mol. The van der Waals surface area contributed by atoms with Gasteiger partial charge in [-0.05, 0) is 18.2 Å². The molecule has 0 fully saturated rings. The Hall–Kier alpha value is -0.381. The summed E-state index contributed by atoms with van der Waals surface area (Å²) in [4.78, 5) is 11.1. The first-order valence-corrected chi connectivity index (χ1v) is 6.25. The van der Waals surface area contributed by atoms with Crippen LogP contribution in [0.3, 0.4) is 0 Å². The minimum absolute atomic E-state index is 0. The van der Waals surface area contributed by atoms with Gasteiger partial charge >= 0.3 is 10.2 Å². The van der Waals surface area contributed by atoms with E-state index in [1.54, 1.807) is 0 Å². The van der Waals surface area contributed by atoms with Crippen LogP contribution in [-0.2, 0) is 17.1 Å². The predicted molar refractivity (Wildman–Crippen MR) is 67.4 cm³/mol. The Morgan fingerprint density at radius 2 is 1.86 bits per heavy atom. The van der Waals surface area contributed by atoms with Crippen LogP contribution in [0.15, 0.2) is 24.3 Å². The third-order valence-electron chi connectivity index (χ3n) is 1.87. The van der Waals surface area contributed by atoms with Crippen molar-refractivity contribution in [3.63, 3.8) is 0 Å². The van der Waals surface area contributed by atoms with Gasteiger partial charge in [0.15, 0.2) is 0 Å². The molecule has 0 saturated carbocycles. The largest absolute Gasteiger partial charge is 0.495 e. The molecule has 0 spiro atoms. The summed E-state index contributed by atoms with van der Waals surface area (Å²) in [6.07, 6.45) is -5.00. The topological polar surface area (TPSA) is 52.6 Å². The number of carbonyl (C=O) groups excluding carboxylic acids is 1. The number of carbonyl (C=O) groups is 1. The number of nitrogens with one attached hydrogen (secondary N) is 1. The fraction of sp³-hybridized carbons (Fsp3) is 0.222. The summed E-state index contributed by atoms with van der Waals surface area (Å²) in [5.74, 6) is -1.03. The van der Waals surface area contributed by atoms with Crippen LogP contribution in [-0.4, -0.2) is 21.3 Å². The quantitative estimate of drug-likeness (QED) is 0.151. The third kappa shape index (κ3) is 6.50. The van der Waals surface area contributed by atoms with E-state index in [0.29, 0.717) is 0 Å². The minimum Gasteiger partial charge on any atom is -0.288 e. The summed E-state index contributed by atoms with van der Waals surface area (Å²) in [5, 5.41) is 8.42. The zero-order valence-corrected chi connectivity index (χ0v) is 13.2. The molecule has 12 heteroatoms. The van der Waals surface area contributed by atoms with Gasteiger partial charge in [0.05, 0.1) is 5.69 Å². The average molecular weight is 408 g/mol. The maximum atomic E-state index is 13.0. The van der Waals surface area contributed by atoms with Gasteiger partial charge in [-0.25, -0.2) is 9.79 Å². The molecular formula is C9H6Cl2F4MnN2O2S. The summed E-state index contributed by atoms with van der Waals surface area (Å²) in [5.41, 5.74) is 0.402. The van der Waals surface area contributed by atoms with Gasteiger partial charge < -0.3 is 0 Å². The first-order valence-electron chi connectivity index (χ1n) is 4.72. The van der Waals surface area contributed by atoms with Crippen molar-refractivity contribution in [3.05, 3.63) is 29.8 Å². The van der Waals surface area contributed by atoms with Gasteiger partial charge in [-0.1, -0.05) is 29.3 Å². The summed E-state index contributed by atoms with van der Waals surface area (Å²) in [6, 6.07) is 4.01. The van der Waals surface area contributed by atoms with Gasteiger partial charge in [0.2, 0.25) is 0 Å². The molecule has 0 aliphatic carbocycles. The molecule has 21 heavy (non-hydrogen) atoms. The molecule has 2 N–H and O–H groups in total. The van der Waals surface area contributed by atoms with E-state index in [0.717, 1.165) is 24.3 Å². The molecule has 1 rings (SSSR count). The van der Waals surface area contributed by atoms with Crippen LogP contribution >= 0.6 is 35.1 Å². The summed E-state index contributed by atoms with van der Waals surface area (Å²) >= 11 is 9.30. The second-order valence-corrected chi connectivity index (χ2v) is 6.08. The van der Waals surface area contributed by atoms with Crippen LogP contribution in [0.5, 0.6) is 0 Å². The van der Waals surface area contributed by atoms with Crippen molar-refractivity contribution in [2.45, 2.75) is 10.2 Å². The predicted octanol–water partition coefficient (Wildman–Crippen LogP) is 3.84. The molecule has 119 valence electrons. The molecule has 1 aromatic rings. The number of rotatable bonds is 4. The number of amides is 1. The Balaban J connectivity index is 0.00000400. The fourth-order valence-corrected chi connectivity index (χ4v) is 2.14. The monoisotopic (exact) mass is 407 g/mol. The first kappa shape index (κ1) is 20.6. The molecule has 4 nitrogen and oxygen atoms in total. The van der Waals surface area contributed by atoms with Crippen LogP contribution in [0.2, 0.25) is 0 Å². The van der Waals surface area contributed by atoms with Gasteiger partial charge in [0.1, 0.15) is 0 Å². The van der Waals surface area contributed by atoms with Crippen molar-refractivity contribution in [2.24, 2.45) is 0 Å². The van der Waals surface area contributed by atoms with Crippen LogP contribution < -0.4 is 9.79 Å². The molecule has 0 saturated heterocycles. The smallest absolute Gasteiger partial charge is 0.288 e. The van der Waals surface area contributed by atoms with Crippen molar-refractivity contribution in [2.75, 3.05) is 4.31 Å². The van der Waals surface area contributed by atoms with Gasteiger partial charge in [-0.3, -0.25) is 10.0 Å². The van der Waals surface area contributed by atoms with Crippen LogP contribution in [0.1, 0.15) is 10.4 Å². The normalized spacial score (nSPS) is 11.6. The summed E-state index contributed by atoms with van der Waals surface area (Å²) in [7, 11) is 0.